The van der Waals surface area contributed by atoms with Crippen LogP contribution in [0.4, 0.5) is 0 Å². The van der Waals surface area contributed by atoms with E-state index < -0.39 is 12.0 Å². The van der Waals surface area contributed by atoms with Crippen LogP contribution in [-0.2, 0) is 4.79 Å². The average Bonchev–Trinajstić information content (AvgIpc) is 2.53. The predicted molar refractivity (Wildman–Crippen MR) is 59.5 cm³/mol. The second-order valence-electron chi connectivity index (χ2n) is 3.50. The minimum absolute atomic E-state index is 0.350. The van der Waals surface area contributed by atoms with Gasteiger partial charge in [0, 0.05) is 6.20 Å². The fourth-order valence-electron chi connectivity index (χ4n) is 1.54. The first kappa shape index (κ1) is 10.9. The first-order valence-electron chi connectivity index (χ1n) is 4.63. The highest BCUT2D eigenvalue weighted by atomic mass is 35.5. The molecule has 5 nitrogen and oxygen atoms in total. The number of carbonyl (C=O) groups is 1. The Morgan fingerprint density at radius 3 is 3.00 bits per heavy atom. The van der Waals surface area contributed by atoms with E-state index in [-0.39, 0.29) is 0 Å². The third kappa shape index (κ3) is 1.64. The summed E-state index contributed by atoms with van der Waals surface area (Å²) in [7, 11) is 0. The van der Waals surface area contributed by atoms with Crippen LogP contribution in [-0.4, -0.2) is 20.5 Å². The summed E-state index contributed by atoms with van der Waals surface area (Å²) in [6.07, 6.45) is 1.66. The van der Waals surface area contributed by atoms with Gasteiger partial charge in [0.1, 0.15) is 6.04 Å². The standard InChI is InChI=1S/C10H10ClN3O2/c1-5-7-4-6(8(12)9(15)16)2-3-14(7)10(11)13-5/h2-4,8H,12H2,1H3,(H,15,16). The number of carboxylic acid groups (broad SMARTS) is 1. The highest BCUT2D eigenvalue weighted by Gasteiger charge is 2.16. The zero-order valence-corrected chi connectivity index (χ0v) is 9.27. The minimum Gasteiger partial charge on any atom is -0.480 e. The molecule has 0 fully saturated rings. The number of aliphatic carboxylic acids is 1. The van der Waals surface area contributed by atoms with Gasteiger partial charge in [-0.25, -0.2) is 4.98 Å². The van der Waals surface area contributed by atoms with E-state index >= 15 is 0 Å². The van der Waals surface area contributed by atoms with E-state index in [4.69, 9.17) is 22.4 Å². The first-order valence-corrected chi connectivity index (χ1v) is 5.01. The molecule has 0 spiro atoms. The number of hydrogen-bond donors (Lipinski definition) is 2. The van der Waals surface area contributed by atoms with Crippen molar-refractivity contribution in [1.29, 1.82) is 0 Å². The van der Waals surface area contributed by atoms with Crippen molar-refractivity contribution in [1.82, 2.24) is 9.38 Å². The lowest BCUT2D eigenvalue weighted by atomic mass is 10.1. The first-order chi connectivity index (χ1) is 7.50. The molecule has 0 bridgehead atoms. The summed E-state index contributed by atoms with van der Waals surface area (Å²) < 4.78 is 1.68. The third-order valence-corrected chi connectivity index (χ3v) is 2.70. The molecule has 0 aliphatic rings. The van der Waals surface area contributed by atoms with E-state index in [9.17, 15) is 4.79 Å². The van der Waals surface area contributed by atoms with E-state index in [0.29, 0.717) is 10.8 Å². The molecule has 0 amide bonds. The number of aromatic nitrogens is 2. The van der Waals surface area contributed by atoms with Crippen LogP contribution in [0.5, 0.6) is 0 Å². The van der Waals surface area contributed by atoms with Crippen LogP contribution in [0.1, 0.15) is 17.3 Å². The Bertz CT molecular complexity index is 564. The monoisotopic (exact) mass is 239 g/mol. The lowest BCUT2D eigenvalue weighted by molar-refractivity contribution is -0.138. The molecule has 0 aromatic carbocycles. The Kier molecular flexibility index (Phi) is 2.57. The molecule has 1 unspecified atom stereocenters. The van der Waals surface area contributed by atoms with E-state index in [1.807, 2.05) is 0 Å². The van der Waals surface area contributed by atoms with Gasteiger partial charge in [0.15, 0.2) is 0 Å². The summed E-state index contributed by atoms with van der Waals surface area (Å²) in [6.45, 7) is 1.80. The zero-order chi connectivity index (χ0) is 11.9. The largest absolute Gasteiger partial charge is 0.480 e. The topological polar surface area (TPSA) is 80.6 Å². The van der Waals surface area contributed by atoms with E-state index in [1.165, 1.54) is 0 Å². The summed E-state index contributed by atoms with van der Waals surface area (Å²) in [5, 5.41) is 9.16. The molecule has 1 atom stereocenters. The lowest BCUT2D eigenvalue weighted by Gasteiger charge is -2.07. The number of rotatable bonds is 2. The molecular formula is C10H10ClN3O2. The second-order valence-corrected chi connectivity index (χ2v) is 3.84. The van der Waals surface area contributed by atoms with Crippen molar-refractivity contribution in [3.05, 3.63) is 34.9 Å². The molecule has 2 rings (SSSR count). The molecule has 6 heteroatoms. The van der Waals surface area contributed by atoms with Gasteiger partial charge in [0.05, 0.1) is 11.2 Å². The SMILES string of the molecule is Cc1nc(Cl)n2ccc(C(N)C(=O)O)cc12. The Hall–Kier alpha value is -1.59. The average molecular weight is 240 g/mol. The molecular weight excluding hydrogens is 230 g/mol. The number of imidazole rings is 1. The van der Waals surface area contributed by atoms with Crippen molar-refractivity contribution in [3.63, 3.8) is 0 Å². The number of fused-ring (bicyclic) bond motifs is 1. The number of carboxylic acids is 1. The van der Waals surface area contributed by atoms with Crippen molar-refractivity contribution in [3.8, 4) is 0 Å². The molecule has 16 heavy (non-hydrogen) atoms. The zero-order valence-electron chi connectivity index (χ0n) is 8.51. The maximum atomic E-state index is 10.8. The van der Waals surface area contributed by atoms with Gasteiger partial charge in [-0.2, -0.15) is 0 Å². The van der Waals surface area contributed by atoms with Crippen molar-refractivity contribution in [2.24, 2.45) is 5.73 Å². The van der Waals surface area contributed by atoms with Gasteiger partial charge >= 0.3 is 5.97 Å². The third-order valence-electron chi connectivity index (χ3n) is 2.43. The van der Waals surface area contributed by atoms with Crippen LogP contribution >= 0.6 is 11.6 Å². The quantitative estimate of drug-likeness (QED) is 0.830. The van der Waals surface area contributed by atoms with Crippen LogP contribution < -0.4 is 5.73 Å². The molecule has 0 aliphatic carbocycles. The van der Waals surface area contributed by atoms with Gasteiger partial charge in [-0.1, -0.05) is 0 Å². The maximum Gasteiger partial charge on any atom is 0.325 e. The number of nitrogens with two attached hydrogens (primary N) is 1. The lowest BCUT2D eigenvalue weighted by Crippen LogP contribution is -2.20. The van der Waals surface area contributed by atoms with E-state index in [0.717, 1.165) is 11.2 Å². The van der Waals surface area contributed by atoms with Crippen molar-refractivity contribution >= 4 is 23.1 Å². The number of aryl methyl sites for hydroxylation is 1. The fraction of sp³-hybridized carbons (Fsp3) is 0.200. The Labute approximate surface area is 96.5 Å². The van der Waals surface area contributed by atoms with E-state index in [2.05, 4.69) is 4.98 Å². The van der Waals surface area contributed by atoms with Gasteiger partial charge in [-0.05, 0) is 36.2 Å². The predicted octanol–water partition coefficient (Wildman–Crippen LogP) is 1.38. The molecule has 0 aliphatic heterocycles. The van der Waals surface area contributed by atoms with Gasteiger partial charge in [-0.3, -0.25) is 9.20 Å². The number of nitrogens with zero attached hydrogens (tertiary/aromatic N) is 2. The smallest absolute Gasteiger partial charge is 0.325 e. The Morgan fingerprint density at radius 2 is 2.38 bits per heavy atom. The summed E-state index contributed by atoms with van der Waals surface area (Å²) in [6, 6.07) is 2.28. The number of pyridine rings is 1. The molecule has 3 N–H and O–H groups in total. The van der Waals surface area contributed by atoms with Gasteiger partial charge < -0.3 is 10.8 Å². The fourth-order valence-corrected chi connectivity index (χ4v) is 1.82. The van der Waals surface area contributed by atoms with Crippen LogP contribution in [0.2, 0.25) is 5.28 Å². The molecule has 0 radical (unpaired) electrons. The normalized spacial score (nSPS) is 12.9. The van der Waals surface area contributed by atoms with Crippen LogP contribution in [0, 0.1) is 6.92 Å². The van der Waals surface area contributed by atoms with Crippen molar-refractivity contribution in [2.75, 3.05) is 0 Å². The van der Waals surface area contributed by atoms with Gasteiger partial charge in [0.2, 0.25) is 5.28 Å². The van der Waals surface area contributed by atoms with E-state index in [1.54, 1.807) is 29.7 Å². The van der Waals surface area contributed by atoms with Crippen LogP contribution in [0.3, 0.4) is 0 Å². The van der Waals surface area contributed by atoms with Crippen LogP contribution in [0.15, 0.2) is 18.3 Å². The highest BCUT2D eigenvalue weighted by Crippen LogP contribution is 2.20. The highest BCUT2D eigenvalue weighted by molar-refractivity contribution is 6.28. The summed E-state index contributed by atoms with van der Waals surface area (Å²) in [5.74, 6) is -1.06. The van der Waals surface area contributed by atoms with Crippen molar-refractivity contribution < 1.29 is 9.90 Å². The maximum absolute atomic E-state index is 10.8. The summed E-state index contributed by atoms with van der Waals surface area (Å²) in [4.78, 5) is 14.8. The number of hydrogen-bond acceptors (Lipinski definition) is 3. The molecule has 84 valence electrons. The second kappa shape index (κ2) is 3.77. The Balaban J connectivity index is 2.60. The Morgan fingerprint density at radius 1 is 1.69 bits per heavy atom. The van der Waals surface area contributed by atoms with Gasteiger partial charge in [-0.15, -0.1) is 0 Å². The molecule has 2 aromatic heterocycles. The summed E-state index contributed by atoms with van der Waals surface area (Å²) in [5.41, 5.74) is 7.55. The molecule has 0 saturated heterocycles. The summed E-state index contributed by atoms with van der Waals surface area (Å²) >= 11 is 5.88. The number of halogens is 1. The van der Waals surface area contributed by atoms with Crippen molar-refractivity contribution in [2.45, 2.75) is 13.0 Å². The molecule has 2 heterocycles. The van der Waals surface area contributed by atoms with Gasteiger partial charge in [0.25, 0.3) is 0 Å². The molecule has 2 aromatic rings. The molecule has 0 saturated carbocycles. The minimum atomic E-state index is -1.06. The van der Waals surface area contributed by atoms with Crippen LogP contribution in [0.25, 0.3) is 5.52 Å².